The van der Waals surface area contributed by atoms with Crippen LogP contribution >= 0.6 is 0 Å². The minimum Gasteiger partial charge on any atom is -0.397 e. The maximum Gasteiger partial charge on any atom is 0.253 e. The van der Waals surface area contributed by atoms with Gasteiger partial charge in [0.15, 0.2) is 0 Å². The number of amides is 1. The number of anilines is 1. The molecule has 2 N–H and O–H groups in total. The summed E-state index contributed by atoms with van der Waals surface area (Å²) in [6.07, 6.45) is 6.84. The van der Waals surface area contributed by atoms with Crippen molar-refractivity contribution in [1.82, 2.24) is 24.3 Å². The van der Waals surface area contributed by atoms with Gasteiger partial charge in [0, 0.05) is 68.7 Å². The van der Waals surface area contributed by atoms with Gasteiger partial charge in [0.2, 0.25) is 0 Å². The Morgan fingerprint density at radius 3 is 2.54 bits per heavy atom. The molecule has 0 saturated heterocycles. The summed E-state index contributed by atoms with van der Waals surface area (Å²) in [7, 11) is 5.66. The number of pyridine rings is 2. The summed E-state index contributed by atoms with van der Waals surface area (Å²) in [5.74, 6) is 0.0343. The molecular formula is C30H34N6O. The quantitative estimate of drug-likeness (QED) is 0.419. The van der Waals surface area contributed by atoms with E-state index in [1.54, 1.807) is 25.2 Å². The van der Waals surface area contributed by atoms with Crippen LogP contribution in [0.1, 0.15) is 46.6 Å². The van der Waals surface area contributed by atoms with Crippen LogP contribution in [0.3, 0.4) is 0 Å². The van der Waals surface area contributed by atoms with Crippen molar-refractivity contribution in [2.45, 2.75) is 26.3 Å². The number of hydrogen-bond acceptors (Lipinski definition) is 5. The first-order valence-electron chi connectivity index (χ1n) is 12.7. The highest BCUT2D eigenvalue weighted by Crippen LogP contribution is 2.34. The maximum absolute atomic E-state index is 12.3. The number of aryl methyl sites for hydroxylation is 2. The lowest BCUT2D eigenvalue weighted by molar-refractivity contribution is 0.0827. The summed E-state index contributed by atoms with van der Waals surface area (Å²) >= 11 is 0. The average Bonchev–Trinajstić information content (AvgIpc) is 3.25. The molecule has 3 aromatic heterocycles. The van der Waals surface area contributed by atoms with Crippen LogP contribution in [0.4, 0.5) is 5.69 Å². The molecule has 0 unspecified atom stereocenters. The van der Waals surface area contributed by atoms with Crippen LogP contribution in [0.25, 0.3) is 27.9 Å². The highest BCUT2D eigenvalue weighted by atomic mass is 16.2. The molecule has 1 aromatic carbocycles. The zero-order valence-electron chi connectivity index (χ0n) is 22.2. The molecule has 1 aliphatic heterocycles. The summed E-state index contributed by atoms with van der Waals surface area (Å²) in [5.41, 5.74) is 15.1. The monoisotopic (exact) mass is 494 g/mol. The molecule has 0 fully saturated rings. The topological polar surface area (TPSA) is 80.3 Å². The second-order valence-corrected chi connectivity index (χ2v) is 10.1. The first-order valence-corrected chi connectivity index (χ1v) is 12.7. The van der Waals surface area contributed by atoms with Crippen LogP contribution in [-0.4, -0.2) is 57.4 Å². The zero-order valence-corrected chi connectivity index (χ0v) is 22.2. The second-order valence-electron chi connectivity index (χ2n) is 10.1. The predicted molar refractivity (Wildman–Crippen MR) is 150 cm³/mol. The lowest BCUT2D eigenvalue weighted by atomic mass is 9.93. The number of hydrogen-bond donors (Lipinski definition) is 1. The van der Waals surface area contributed by atoms with Crippen molar-refractivity contribution in [2.24, 2.45) is 7.05 Å². The van der Waals surface area contributed by atoms with Crippen molar-refractivity contribution >= 4 is 28.2 Å². The lowest BCUT2D eigenvalue weighted by Gasteiger charge is -2.32. The van der Waals surface area contributed by atoms with E-state index in [4.69, 9.17) is 5.73 Å². The molecule has 4 aromatic rings. The minimum atomic E-state index is 0.0343. The number of benzene rings is 1. The standard InChI is InChI=1S/C30H34N6O/c1-19-16-22(30(37)34(3)4)6-8-24(19)21-11-14-36(15-12-21)20(2)28-17-26-25(10-13-32-29(26)35(28)5)27-9-7-23(31)18-33-27/h6-11,13,16-18,20H,12,14-15,31H2,1-5H3/t20-/m1/s1. The molecule has 1 amide bonds. The second kappa shape index (κ2) is 9.82. The number of nitrogens with zero attached hydrogens (tertiary/aromatic N) is 5. The number of rotatable bonds is 5. The van der Waals surface area contributed by atoms with E-state index in [2.05, 4.69) is 58.5 Å². The molecular weight excluding hydrogens is 460 g/mol. The fourth-order valence-corrected chi connectivity index (χ4v) is 5.31. The Balaban J connectivity index is 1.39. The van der Waals surface area contributed by atoms with Crippen LogP contribution in [0.2, 0.25) is 0 Å². The first kappa shape index (κ1) is 24.7. The molecule has 1 aliphatic rings. The molecule has 0 spiro atoms. The van der Waals surface area contributed by atoms with E-state index >= 15 is 0 Å². The zero-order chi connectivity index (χ0) is 26.3. The van der Waals surface area contributed by atoms with Crippen molar-refractivity contribution in [3.63, 3.8) is 0 Å². The molecule has 4 heterocycles. The van der Waals surface area contributed by atoms with E-state index in [-0.39, 0.29) is 11.9 Å². The molecule has 190 valence electrons. The van der Waals surface area contributed by atoms with Gasteiger partial charge in [0.1, 0.15) is 5.65 Å². The third kappa shape index (κ3) is 4.62. The molecule has 0 radical (unpaired) electrons. The van der Waals surface area contributed by atoms with Gasteiger partial charge in [-0.15, -0.1) is 0 Å². The number of carbonyl (C=O) groups is 1. The number of carbonyl (C=O) groups excluding carboxylic acids is 1. The Morgan fingerprint density at radius 2 is 1.89 bits per heavy atom. The third-order valence-electron chi connectivity index (χ3n) is 7.47. The van der Waals surface area contributed by atoms with Crippen LogP contribution < -0.4 is 5.73 Å². The summed E-state index contributed by atoms with van der Waals surface area (Å²) in [6, 6.07) is 14.4. The van der Waals surface area contributed by atoms with Gasteiger partial charge >= 0.3 is 0 Å². The van der Waals surface area contributed by atoms with E-state index < -0.39 is 0 Å². The largest absolute Gasteiger partial charge is 0.397 e. The number of aromatic nitrogens is 3. The fraction of sp³-hybridized carbons (Fsp3) is 0.300. The van der Waals surface area contributed by atoms with E-state index in [1.165, 1.54) is 16.8 Å². The fourth-order valence-electron chi connectivity index (χ4n) is 5.31. The highest BCUT2D eigenvalue weighted by Gasteiger charge is 2.24. The van der Waals surface area contributed by atoms with Crippen LogP contribution in [-0.2, 0) is 7.05 Å². The number of fused-ring (bicyclic) bond motifs is 1. The summed E-state index contributed by atoms with van der Waals surface area (Å²) < 4.78 is 2.20. The van der Waals surface area contributed by atoms with Crippen molar-refractivity contribution < 1.29 is 4.79 Å². The van der Waals surface area contributed by atoms with Gasteiger partial charge in [0.25, 0.3) is 5.91 Å². The van der Waals surface area contributed by atoms with E-state index in [9.17, 15) is 4.79 Å². The Kier molecular flexibility index (Phi) is 6.56. The van der Waals surface area contributed by atoms with Gasteiger partial charge in [-0.2, -0.15) is 0 Å². The minimum absolute atomic E-state index is 0.0343. The molecule has 7 heteroatoms. The molecule has 0 aliphatic carbocycles. The average molecular weight is 495 g/mol. The van der Waals surface area contributed by atoms with E-state index in [0.29, 0.717) is 5.69 Å². The molecule has 1 atom stereocenters. The molecule has 5 rings (SSSR count). The van der Waals surface area contributed by atoms with E-state index in [1.807, 2.05) is 36.5 Å². The van der Waals surface area contributed by atoms with Crippen molar-refractivity contribution in [1.29, 1.82) is 0 Å². The summed E-state index contributed by atoms with van der Waals surface area (Å²) in [6.45, 7) is 6.19. The highest BCUT2D eigenvalue weighted by molar-refractivity contribution is 5.95. The van der Waals surface area contributed by atoms with Gasteiger partial charge in [0.05, 0.1) is 17.6 Å². The van der Waals surface area contributed by atoms with Crippen LogP contribution in [0, 0.1) is 6.92 Å². The first-order chi connectivity index (χ1) is 17.7. The van der Waals surface area contributed by atoms with E-state index in [0.717, 1.165) is 52.9 Å². The third-order valence-corrected chi connectivity index (χ3v) is 7.47. The normalized spacial score (nSPS) is 15.0. The van der Waals surface area contributed by atoms with Crippen LogP contribution in [0.15, 0.2) is 60.9 Å². The van der Waals surface area contributed by atoms with Gasteiger partial charge in [-0.1, -0.05) is 12.1 Å². The molecule has 7 nitrogen and oxygen atoms in total. The Labute approximate surface area is 218 Å². The maximum atomic E-state index is 12.3. The van der Waals surface area contributed by atoms with Gasteiger partial charge < -0.3 is 15.2 Å². The van der Waals surface area contributed by atoms with Gasteiger partial charge in [-0.3, -0.25) is 14.7 Å². The van der Waals surface area contributed by atoms with Crippen molar-refractivity contribution in [3.8, 4) is 11.3 Å². The molecule has 37 heavy (non-hydrogen) atoms. The lowest BCUT2D eigenvalue weighted by Crippen LogP contribution is -2.32. The molecule has 0 bridgehead atoms. The number of nitrogen functional groups attached to an aromatic ring is 1. The van der Waals surface area contributed by atoms with Crippen molar-refractivity contribution in [2.75, 3.05) is 32.9 Å². The van der Waals surface area contributed by atoms with Crippen molar-refractivity contribution in [3.05, 3.63) is 83.3 Å². The number of nitrogens with two attached hydrogens (primary N) is 1. The Morgan fingerprint density at radius 1 is 1.08 bits per heavy atom. The summed E-state index contributed by atoms with van der Waals surface area (Å²) in [4.78, 5) is 25.7. The summed E-state index contributed by atoms with van der Waals surface area (Å²) in [5, 5.41) is 1.10. The molecule has 0 saturated carbocycles. The van der Waals surface area contributed by atoms with Gasteiger partial charge in [-0.25, -0.2) is 4.98 Å². The van der Waals surface area contributed by atoms with Crippen LogP contribution in [0.5, 0.6) is 0 Å². The SMILES string of the molecule is Cc1cc(C(=O)N(C)C)ccc1C1=CCN([C@H](C)c2cc3c(-c4ccc(N)cn4)ccnc3n2C)CC1. The Hall–Kier alpha value is -3.97. The predicted octanol–water partition coefficient (Wildman–Crippen LogP) is 5.08. The Bertz CT molecular complexity index is 1500. The van der Waals surface area contributed by atoms with Gasteiger partial charge in [-0.05, 0) is 73.4 Å². The smallest absolute Gasteiger partial charge is 0.253 e.